The van der Waals surface area contributed by atoms with Crippen molar-refractivity contribution >= 4 is 17.9 Å². The molecule has 0 heterocycles. The molecule has 0 saturated carbocycles. The Kier molecular flexibility index (Phi) is 54.3. The molecule has 0 aliphatic heterocycles. The van der Waals surface area contributed by atoms with Crippen LogP contribution in [0.5, 0.6) is 0 Å². The van der Waals surface area contributed by atoms with Gasteiger partial charge in [-0.25, -0.2) is 0 Å². The van der Waals surface area contributed by atoms with Crippen LogP contribution in [0.15, 0.2) is 85.1 Å². The summed E-state index contributed by atoms with van der Waals surface area (Å²) in [5, 5.41) is 0. The van der Waals surface area contributed by atoms with Crippen LogP contribution in [-0.4, -0.2) is 37.2 Å². The van der Waals surface area contributed by atoms with Crippen molar-refractivity contribution in [2.75, 3.05) is 13.2 Å². The Hall–Kier alpha value is -3.41. The minimum atomic E-state index is -0.800. The monoisotopic (exact) mass is 961 g/mol. The van der Waals surface area contributed by atoms with E-state index in [0.29, 0.717) is 19.3 Å². The summed E-state index contributed by atoms with van der Waals surface area (Å²) in [6, 6.07) is 0. The van der Waals surface area contributed by atoms with E-state index in [0.717, 1.165) is 83.5 Å². The van der Waals surface area contributed by atoms with E-state index in [-0.39, 0.29) is 37.5 Å². The zero-order valence-electron chi connectivity index (χ0n) is 45.3. The first-order valence-electron chi connectivity index (χ1n) is 29.1. The number of hydrogen-bond donors (Lipinski definition) is 0. The highest BCUT2D eigenvalue weighted by Gasteiger charge is 2.19. The third-order valence-electron chi connectivity index (χ3n) is 12.4. The average molecular weight is 962 g/mol. The Morgan fingerprint density at radius 3 is 0.971 bits per heavy atom. The number of carbonyl (C=O) groups is 3. The Balaban J connectivity index is 4.44. The first-order valence-corrected chi connectivity index (χ1v) is 29.1. The van der Waals surface area contributed by atoms with Gasteiger partial charge in [0.1, 0.15) is 13.2 Å². The lowest BCUT2D eigenvalue weighted by atomic mass is 10.0. The summed E-state index contributed by atoms with van der Waals surface area (Å²) in [7, 11) is 0. The number of allylic oxidation sites excluding steroid dienone is 14. The van der Waals surface area contributed by atoms with E-state index < -0.39 is 6.10 Å². The fraction of sp³-hybridized carbons (Fsp3) is 0.730. The third-order valence-corrected chi connectivity index (χ3v) is 12.4. The van der Waals surface area contributed by atoms with Gasteiger partial charge in [0.2, 0.25) is 0 Å². The van der Waals surface area contributed by atoms with Gasteiger partial charge in [0.05, 0.1) is 0 Å². The predicted molar refractivity (Wildman–Crippen MR) is 297 cm³/mol. The summed E-state index contributed by atoms with van der Waals surface area (Å²) < 4.78 is 16.8. The van der Waals surface area contributed by atoms with Gasteiger partial charge in [-0.3, -0.25) is 14.4 Å². The molecule has 0 saturated heterocycles. The lowest BCUT2D eigenvalue weighted by Gasteiger charge is -2.18. The molecule has 0 bridgehead atoms. The normalized spacial score (nSPS) is 12.7. The van der Waals surface area contributed by atoms with Gasteiger partial charge in [0.15, 0.2) is 6.10 Å². The first kappa shape index (κ1) is 65.6. The molecule has 0 unspecified atom stereocenters. The molecular formula is C63H108O6. The van der Waals surface area contributed by atoms with E-state index in [1.54, 1.807) is 0 Å². The average Bonchev–Trinajstić information content (AvgIpc) is 3.35. The number of carbonyl (C=O) groups excluding carboxylic acids is 3. The molecule has 0 N–H and O–H groups in total. The molecule has 0 rings (SSSR count). The van der Waals surface area contributed by atoms with Crippen molar-refractivity contribution in [2.45, 2.75) is 284 Å². The highest BCUT2D eigenvalue weighted by molar-refractivity contribution is 5.71. The first-order chi connectivity index (χ1) is 34.0. The molecule has 0 radical (unpaired) electrons. The van der Waals surface area contributed by atoms with E-state index >= 15 is 0 Å². The smallest absolute Gasteiger partial charge is 0.306 e. The topological polar surface area (TPSA) is 78.9 Å². The SMILES string of the molecule is CC/C=C\C/C=C\C/C=C\C/C=C\C/C=C\CCCC(=O)OC[C@H](COC(=O)CCCCCCCCCCC/C=C\C/C=C\CCCCC)OC(=O)CCCCCCCCCCCCCCCCC. The van der Waals surface area contributed by atoms with E-state index in [2.05, 4.69) is 106 Å². The van der Waals surface area contributed by atoms with Crippen LogP contribution in [0.3, 0.4) is 0 Å². The molecule has 0 aromatic rings. The predicted octanol–water partition coefficient (Wildman–Crippen LogP) is 19.5. The van der Waals surface area contributed by atoms with Crippen LogP contribution in [0.2, 0.25) is 0 Å². The lowest BCUT2D eigenvalue weighted by molar-refractivity contribution is -0.167. The summed E-state index contributed by atoms with van der Waals surface area (Å²) in [6.45, 7) is 6.47. The van der Waals surface area contributed by atoms with Crippen molar-refractivity contribution in [3.8, 4) is 0 Å². The summed E-state index contributed by atoms with van der Waals surface area (Å²) >= 11 is 0. The number of ether oxygens (including phenoxy) is 3. The molecule has 0 aliphatic rings. The maximum atomic E-state index is 12.9. The van der Waals surface area contributed by atoms with Gasteiger partial charge in [0.25, 0.3) is 0 Å². The lowest BCUT2D eigenvalue weighted by Crippen LogP contribution is -2.30. The van der Waals surface area contributed by atoms with Crippen molar-refractivity contribution < 1.29 is 28.6 Å². The number of esters is 3. The molecule has 0 aliphatic carbocycles. The molecule has 0 fully saturated rings. The van der Waals surface area contributed by atoms with Gasteiger partial charge in [-0.15, -0.1) is 0 Å². The Labute approximate surface area is 426 Å². The second kappa shape index (κ2) is 57.2. The summed E-state index contributed by atoms with van der Waals surface area (Å²) in [4.78, 5) is 38.2. The quantitative estimate of drug-likeness (QED) is 0.0262. The van der Waals surface area contributed by atoms with Crippen molar-refractivity contribution in [3.63, 3.8) is 0 Å². The maximum absolute atomic E-state index is 12.9. The molecule has 6 nitrogen and oxygen atoms in total. The maximum Gasteiger partial charge on any atom is 0.306 e. The summed E-state index contributed by atoms with van der Waals surface area (Å²) in [5.74, 6) is -0.950. The zero-order chi connectivity index (χ0) is 50.0. The highest BCUT2D eigenvalue weighted by atomic mass is 16.6. The minimum Gasteiger partial charge on any atom is -0.462 e. The van der Waals surface area contributed by atoms with Crippen LogP contribution in [0.4, 0.5) is 0 Å². The minimum absolute atomic E-state index is 0.0945. The van der Waals surface area contributed by atoms with Crippen molar-refractivity contribution in [2.24, 2.45) is 0 Å². The second-order valence-electron chi connectivity index (χ2n) is 19.2. The Morgan fingerprint density at radius 1 is 0.304 bits per heavy atom. The van der Waals surface area contributed by atoms with Crippen LogP contribution in [-0.2, 0) is 28.6 Å². The largest absolute Gasteiger partial charge is 0.462 e. The molecule has 1 atom stereocenters. The second-order valence-corrected chi connectivity index (χ2v) is 19.2. The standard InChI is InChI=1S/C63H108O6/c1-4-7-10-13-16-19-22-25-28-30-31-33-36-38-41-44-47-50-53-56-62(65)68-59-60(69-63(66)57-54-51-48-45-42-39-34-27-24-21-18-15-12-9-6-3)58-67-61(64)55-52-49-46-43-40-37-35-32-29-26-23-20-17-14-11-8-5-2/h8,11,16-17,19-20,25-26,28-29,35,37,43,46,60H,4-7,9-10,12-15,18,21-24,27,30-34,36,38-42,44-45,47-59H2,1-3H3/b11-8-,19-16-,20-17-,28-25-,29-26-,37-35-,46-43-/t60-/m1/s1. The van der Waals surface area contributed by atoms with Crippen LogP contribution < -0.4 is 0 Å². The van der Waals surface area contributed by atoms with E-state index in [1.807, 2.05) is 0 Å². The Bertz CT molecular complexity index is 1330. The fourth-order valence-electron chi connectivity index (χ4n) is 8.04. The molecule has 0 amide bonds. The van der Waals surface area contributed by atoms with Gasteiger partial charge < -0.3 is 14.2 Å². The fourth-order valence-corrected chi connectivity index (χ4v) is 8.04. The number of rotatable bonds is 52. The van der Waals surface area contributed by atoms with Gasteiger partial charge in [0, 0.05) is 19.3 Å². The highest BCUT2D eigenvalue weighted by Crippen LogP contribution is 2.16. The third kappa shape index (κ3) is 55.4. The number of hydrogen-bond acceptors (Lipinski definition) is 6. The van der Waals surface area contributed by atoms with Crippen LogP contribution in [0.1, 0.15) is 278 Å². The van der Waals surface area contributed by atoms with Gasteiger partial charge in [-0.2, -0.15) is 0 Å². The van der Waals surface area contributed by atoms with Gasteiger partial charge in [-0.1, -0.05) is 254 Å². The van der Waals surface area contributed by atoms with Gasteiger partial charge >= 0.3 is 17.9 Å². The molecular weight excluding hydrogens is 853 g/mol. The molecule has 6 heteroatoms. The van der Waals surface area contributed by atoms with Gasteiger partial charge in [-0.05, 0) is 89.9 Å². The van der Waals surface area contributed by atoms with Crippen molar-refractivity contribution in [3.05, 3.63) is 85.1 Å². The van der Waals surface area contributed by atoms with Crippen molar-refractivity contribution in [1.82, 2.24) is 0 Å². The summed E-state index contributed by atoms with van der Waals surface area (Å²) in [6.07, 6.45) is 74.3. The Morgan fingerprint density at radius 2 is 0.580 bits per heavy atom. The molecule has 0 aromatic heterocycles. The van der Waals surface area contributed by atoms with E-state index in [4.69, 9.17) is 14.2 Å². The summed E-state index contributed by atoms with van der Waals surface area (Å²) in [5.41, 5.74) is 0. The molecule has 0 spiro atoms. The van der Waals surface area contributed by atoms with E-state index in [9.17, 15) is 14.4 Å². The van der Waals surface area contributed by atoms with E-state index in [1.165, 1.54) is 148 Å². The molecule has 396 valence electrons. The van der Waals surface area contributed by atoms with Crippen LogP contribution >= 0.6 is 0 Å². The number of unbranched alkanes of at least 4 members (excludes halogenated alkanes) is 27. The molecule has 69 heavy (non-hydrogen) atoms. The van der Waals surface area contributed by atoms with Crippen molar-refractivity contribution in [1.29, 1.82) is 0 Å². The molecule has 0 aromatic carbocycles. The van der Waals surface area contributed by atoms with Crippen LogP contribution in [0, 0.1) is 0 Å². The van der Waals surface area contributed by atoms with Crippen LogP contribution in [0.25, 0.3) is 0 Å². The zero-order valence-corrected chi connectivity index (χ0v) is 45.3.